The van der Waals surface area contributed by atoms with Gasteiger partial charge < -0.3 is 20.4 Å². The third-order valence-electron chi connectivity index (χ3n) is 3.30. The lowest BCUT2D eigenvalue weighted by atomic mass is 10.2. The third kappa shape index (κ3) is 3.14. The van der Waals surface area contributed by atoms with Crippen molar-refractivity contribution < 1.29 is 19.4 Å². The topological polar surface area (TPSA) is 72.8 Å². The van der Waals surface area contributed by atoms with Gasteiger partial charge in [0.2, 0.25) is 0 Å². The van der Waals surface area contributed by atoms with Crippen LogP contribution in [-0.4, -0.2) is 40.3 Å². The number of rotatable bonds is 3. The number of amides is 2. The number of aromatic hydroxyl groups is 1. The molecule has 6 heteroatoms. The fraction of sp³-hybridized carbons (Fsp3) is 0.462. The Bertz CT molecular complexity index is 467. The monoisotopic (exact) mass is 268 g/mol. The highest BCUT2D eigenvalue weighted by atomic mass is 19.1. The molecule has 1 heterocycles. The molecule has 1 aliphatic heterocycles. The average Bonchev–Trinajstić information content (AvgIpc) is 2.88. The highest BCUT2D eigenvalue weighted by Crippen LogP contribution is 2.18. The molecule has 1 aliphatic rings. The van der Waals surface area contributed by atoms with Gasteiger partial charge in [-0.25, -0.2) is 9.18 Å². The van der Waals surface area contributed by atoms with E-state index in [9.17, 15) is 9.18 Å². The molecule has 0 bridgehead atoms. The molecule has 1 fully saturated rings. The number of hydrogen-bond donors (Lipinski definition) is 3. The van der Waals surface area contributed by atoms with E-state index in [2.05, 4.69) is 5.32 Å². The second kappa shape index (κ2) is 5.88. The van der Waals surface area contributed by atoms with Crippen molar-refractivity contribution in [2.24, 2.45) is 0 Å². The minimum absolute atomic E-state index is 0.0404. The van der Waals surface area contributed by atoms with Crippen molar-refractivity contribution in [1.82, 2.24) is 10.2 Å². The van der Waals surface area contributed by atoms with Gasteiger partial charge in [0.1, 0.15) is 0 Å². The largest absolute Gasteiger partial charge is 0.505 e. The Kier molecular flexibility index (Phi) is 4.21. The minimum atomic E-state index is -0.707. The first-order valence-corrected chi connectivity index (χ1v) is 6.24. The lowest BCUT2D eigenvalue weighted by Gasteiger charge is -2.23. The predicted molar refractivity (Wildman–Crippen MR) is 67.1 cm³/mol. The Balaban J connectivity index is 1.91. The summed E-state index contributed by atoms with van der Waals surface area (Å²) < 4.78 is 13.1. The number of nitrogens with zero attached hydrogens (tertiary/aromatic N) is 1. The number of hydrogen-bond acceptors (Lipinski definition) is 3. The van der Waals surface area contributed by atoms with Crippen LogP contribution in [0.5, 0.6) is 5.75 Å². The zero-order valence-electron chi connectivity index (χ0n) is 10.5. The van der Waals surface area contributed by atoms with E-state index in [1.807, 2.05) is 0 Å². The normalized spacial score (nSPS) is 18.6. The Morgan fingerprint density at radius 3 is 3.00 bits per heavy atom. The van der Waals surface area contributed by atoms with Crippen molar-refractivity contribution in [2.45, 2.75) is 25.4 Å². The molecular formula is C13H17FN2O3. The molecule has 19 heavy (non-hydrogen) atoms. The first-order valence-electron chi connectivity index (χ1n) is 6.24. The first kappa shape index (κ1) is 13.6. The molecule has 1 unspecified atom stereocenters. The molecule has 1 saturated heterocycles. The van der Waals surface area contributed by atoms with Gasteiger partial charge >= 0.3 is 6.03 Å². The van der Waals surface area contributed by atoms with Crippen LogP contribution in [0.2, 0.25) is 0 Å². The summed E-state index contributed by atoms with van der Waals surface area (Å²) in [6.07, 6.45) is 1.68. The Morgan fingerprint density at radius 1 is 1.53 bits per heavy atom. The van der Waals surface area contributed by atoms with Crippen molar-refractivity contribution in [2.75, 3.05) is 13.2 Å². The van der Waals surface area contributed by atoms with Crippen molar-refractivity contribution >= 4 is 6.03 Å². The number of aliphatic hydroxyl groups excluding tert-OH is 1. The number of phenolic OH excluding ortho intramolecular Hbond substituents is 1. The highest BCUT2D eigenvalue weighted by Gasteiger charge is 2.27. The summed E-state index contributed by atoms with van der Waals surface area (Å²) in [6, 6.07) is 3.60. The van der Waals surface area contributed by atoms with Crippen LogP contribution in [0.3, 0.4) is 0 Å². The minimum Gasteiger partial charge on any atom is -0.505 e. The van der Waals surface area contributed by atoms with E-state index in [-0.39, 0.29) is 25.2 Å². The summed E-state index contributed by atoms with van der Waals surface area (Å²) in [5, 5.41) is 20.9. The summed E-state index contributed by atoms with van der Waals surface area (Å²) >= 11 is 0. The number of aliphatic hydroxyl groups is 1. The van der Waals surface area contributed by atoms with E-state index in [1.54, 1.807) is 11.0 Å². The summed E-state index contributed by atoms with van der Waals surface area (Å²) in [5.41, 5.74) is 0.573. The Morgan fingerprint density at radius 2 is 2.32 bits per heavy atom. The van der Waals surface area contributed by atoms with Crippen molar-refractivity contribution in [3.63, 3.8) is 0 Å². The summed E-state index contributed by atoms with van der Waals surface area (Å²) in [5.74, 6) is -1.11. The number of phenols is 1. The van der Waals surface area contributed by atoms with Gasteiger partial charge in [0.05, 0.1) is 12.6 Å². The molecule has 0 aliphatic carbocycles. The summed E-state index contributed by atoms with van der Waals surface area (Å²) in [4.78, 5) is 13.5. The number of carbonyl (C=O) groups is 1. The SMILES string of the molecule is O=C(NCc1ccc(O)c(F)c1)N1CCCC1CO. The van der Waals surface area contributed by atoms with Crippen molar-refractivity contribution in [3.05, 3.63) is 29.6 Å². The van der Waals surface area contributed by atoms with E-state index < -0.39 is 11.6 Å². The molecule has 3 N–H and O–H groups in total. The number of likely N-dealkylation sites (tertiary alicyclic amines) is 1. The van der Waals surface area contributed by atoms with Gasteiger partial charge in [-0.05, 0) is 30.5 Å². The molecule has 5 nitrogen and oxygen atoms in total. The van der Waals surface area contributed by atoms with Crippen LogP contribution in [0, 0.1) is 5.82 Å². The van der Waals surface area contributed by atoms with Gasteiger partial charge in [-0.1, -0.05) is 6.07 Å². The predicted octanol–water partition coefficient (Wildman–Crippen LogP) is 1.20. The van der Waals surface area contributed by atoms with Crippen LogP contribution in [0.15, 0.2) is 18.2 Å². The van der Waals surface area contributed by atoms with Crippen LogP contribution < -0.4 is 5.32 Å². The van der Waals surface area contributed by atoms with E-state index in [4.69, 9.17) is 10.2 Å². The second-order valence-electron chi connectivity index (χ2n) is 4.62. The van der Waals surface area contributed by atoms with Gasteiger partial charge in [-0.3, -0.25) is 0 Å². The molecular weight excluding hydrogens is 251 g/mol. The standard InChI is InChI=1S/C13H17FN2O3/c14-11-6-9(3-4-12(11)18)7-15-13(19)16-5-1-2-10(16)8-17/h3-4,6,10,17-18H,1-2,5,7-8H2,(H,15,19). The van der Waals surface area contributed by atoms with Gasteiger partial charge in [0.15, 0.2) is 11.6 Å². The van der Waals surface area contributed by atoms with E-state index in [1.165, 1.54) is 12.1 Å². The van der Waals surface area contributed by atoms with Crippen molar-refractivity contribution in [1.29, 1.82) is 0 Å². The molecule has 104 valence electrons. The maximum atomic E-state index is 13.1. The van der Waals surface area contributed by atoms with Gasteiger partial charge in [-0.15, -0.1) is 0 Å². The fourth-order valence-electron chi connectivity index (χ4n) is 2.23. The number of carbonyl (C=O) groups excluding carboxylic acids is 1. The number of halogens is 1. The molecule has 2 amide bonds. The van der Waals surface area contributed by atoms with Crippen LogP contribution >= 0.6 is 0 Å². The maximum Gasteiger partial charge on any atom is 0.317 e. The van der Waals surface area contributed by atoms with Crippen LogP contribution in [-0.2, 0) is 6.54 Å². The third-order valence-corrected chi connectivity index (χ3v) is 3.30. The molecule has 0 spiro atoms. The number of benzene rings is 1. The van der Waals surface area contributed by atoms with Gasteiger partial charge in [-0.2, -0.15) is 0 Å². The second-order valence-corrected chi connectivity index (χ2v) is 4.62. The highest BCUT2D eigenvalue weighted by molar-refractivity contribution is 5.74. The summed E-state index contributed by atoms with van der Waals surface area (Å²) in [7, 11) is 0. The Labute approximate surface area is 110 Å². The zero-order chi connectivity index (χ0) is 13.8. The molecule has 2 rings (SSSR count). The van der Waals surface area contributed by atoms with E-state index in [0.717, 1.165) is 12.8 Å². The molecule has 1 aromatic rings. The van der Waals surface area contributed by atoms with Gasteiger partial charge in [0.25, 0.3) is 0 Å². The van der Waals surface area contributed by atoms with E-state index >= 15 is 0 Å². The average molecular weight is 268 g/mol. The summed E-state index contributed by atoms with van der Waals surface area (Å²) in [6.45, 7) is 0.771. The lowest BCUT2D eigenvalue weighted by molar-refractivity contribution is 0.157. The van der Waals surface area contributed by atoms with E-state index in [0.29, 0.717) is 12.1 Å². The zero-order valence-corrected chi connectivity index (χ0v) is 10.5. The number of nitrogens with one attached hydrogen (secondary N) is 1. The van der Waals surface area contributed by atoms with Crippen molar-refractivity contribution in [3.8, 4) is 5.75 Å². The Hall–Kier alpha value is -1.82. The number of urea groups is 1. The molecule has 0 aromatic heterocycles. The first-order chi connectivity index (χ1) is 9.11. The van der Waals surface area contributed by atoms with Gasteiger partial charge in [0, 0.05) is 13.1 Å². The molecule has 1 aromatic carbocycles. The fourth-order valence-corrected chi connectivity index (χ4v) is 2.23. The smallest absolute Gasteiger partial charge is 0.317 e. The lowest BCUT2D eigenvalue weighted by Crippen LogP contribution is -2.43. The molecule has 0 saturated carbocycles. The molecule has 1 atom stereocenters. The molecule has 0 radical (unpaired) electrons. The maximum absolute atomic E-state index is 13.1. The van der Waals surface area contributed by atoms with Crippen LogP contribution in [0.25, 0.3) is 0 Å². The van der Waals surface area contributed by atoms with Crippen LogP contribution in [0.1, 0.15) is 18.4 Å². The van der Waals surface area contributed by atoms with Crippen LogP contribution in [0.4, 0.5) is 9.18 Å². The quantitative estimate of drug-likeness (QED) is 0.771.